The van der Waals surface area contributed by atoms with Crippen molar-refractivity contribution in [2.75, 3.05) is 5.32 Å². The average molecular weight is 452 g/mol. The number of nitrogens with one attached hydrogen (secondary N) is 1. The number of anilines is 1. The first-order valence-electron chi connectivity index (χ1n) is 11.5. The molecule has 0 saturated carbocycles. The smallest absolute Gasteiger partial charge is 0.192 e. The maximum absolute atomic E-state index is 12.3. The largest absolute Gasteiger partial charge is 0.383 e. The molecule has 0 amide bonds. The van der Waals surface area contributed by atoms with Gasteiger partial charge in [-0.1, -0.05) is 60.6 Å². The maximum atomic E-state index is 12.3. The summed E-state index contributed by atoms with van der Waals surface area (Å²) in [5.41, 5.74) is 4.28. The summed E-state index contributed by atoms with van der Waals surface area (Å²) in [6.07, 6.45) is 2.90. The highest BCUT2D eigenvalue weighted by Gasteiger charge is 2.30. The maximum Gasteiger partial charge on any atom is 0.192 e. The molecule has 1 aliphatic rings. The lowest BCUT2D eigenvalue weighted by molar-refractivity contribution is -0.113. The summed E-state index contributed by atoms with van der Waals surface area (Å²) < 4.78 is 0. The van der Waals surface area contributed by atoms with Crippen molar-refractivity contribution in [3.63, 3.8) is 0 Å². The quantitative estimate of drug-likeness (QED) is 0.381. The Balaban J connectivity index is 1.55. The predicted molar refractivity (Wildman–Crippen MR) is 132 cm³/mol. The SMILES string of the molecule is CCCC(=O)C1=NOC(c2nc(NCc3ccccn3)c3c(-c4ccccc4)cccc3n2)C1. The lowest BCUT2D eigenvalue weighted by atomic mass is 10.0. The van der Waals surface area contributed by atoms with Crippen molar-refractivity contribution in [1.29, 1.82) is 0 Å². The molecule has 170 valence electrons. The number of oxime groups is 1. The number of aromatic nitrogens is 3. The van der Waals surface area contributed by atoms with E-state index in [0.717, 1.165) is 34.1 Å². The molecule has 4 aromatic rings. The van der Waals surface area contributed by atoms with Crippen molar-refractivity contribution in [1.82, 2.24) is 15.0 Å². The van der Waals surface area contributed by atoms with Crippen molar-refractivity contribution in [3.8, 4) is 11.1 Å². The first-order chi connectivity index (χ1) is 16.7. The molecular weight excluding hydrogens is 426 g/mol. The molecule has 0 saturated heterocycles. The highest BCUT2D eigenvalue weighted by atomic mass is 16.6. The van der Waals surface area contributed by atoms with Gasteiger partial charge < -0.3 is 10.2 Å². The molecule has 1 aliphatic heterocycles. The third-order valence-electron chi connectivity index (χ3n) is 5.74. The summed E-state index contributed by atoms with van der Waals surface area (Å²) in [5, 5.41) is 8.42. The highest BCUT2D eigenvalue weighted by Crippen LogP contribution is 2.35. The van der Waals surface area contributed by atoms with Crippen LogP contribution in [-0.4, -0.2) is 26.4 Å². The van der Waals surface area contributed by atoms with Crippen LogP contribution in [0.15, 0.2) is 78.1 Å². The molecule has 34 heavy (non-hydrogen) atoms. The number of ketones is 1. The van der Waals surface area contributed by atoms with Crippen LogP contribution in [0.4, 0.5) is 5.82 Å². The number of hydrogen-bond acceptors (Lipinski definition) is 7. The number of benzene rings is 2. The minimum Gasteiger partial charge on any atom is -0.383 e. The van der Waals surface area contributed by atoms with Gasteiger partial charge in [0.2, 0.25) is 0 Å². The fourth-order valence-electron chi connectivity index (χ4n) is 4.06. The first-order valence-corrected chi connectivity index (χ1v) is 11.5. The van der Waals surface area contributed by atoms with E-state index in [2.05, 4.69) is 33.7 Å². The number of nitrogens with zero attached hydrogens (tertiary/aromatic N) is 4. The first kappa shape index (κ1) is 21.7. The van der Waals surface area contributed by atoms with Gasteiger partial charge in [-0.2, -0.15) is 0 Å². The van der Waals surface area contributed by atoms with Gasteiger partial charge in [0.25, 0.3) is 0 Å². The van der Waals surface area contributed by atoms with E-state index < -0.39 is 6.10 Å². The summed E-state index contributed by atoms with van der Waals surface area (Å²) in [5.74, 6) is 1.22. The topological polar surface area (TPSA) is 89.4 Å². The fourth-order valence-corrected chi connectivity index (χ4v) is 4.06. The number of pyridine rings is 1. The van der Waals surface area contributed by atoms with Crippen LogP contribution in [0.5, 0.6) is 0 Å². The molecule has 0 aliphatic carbocycles. The highest BCUT2D eigenvalue weighted by molar-refractivity contribution is 6.40. The summed E-state index contributed by atoms with van der Waals surface area (Å²) in [6, 6.07) is 22.0. The summed E-state index contributed by atoms with van der Waals surface area (Å²) in [7, 11) is 0. The van der Waals surface area contributed by atoms with E-state index in [-0.39, 0.29) is 5.78 Å². The minimum atomic E-state index is -0.490. The zero-order valence-electron chi connectivity index (χ0n) is 18.9. The number of Topliss-reactive ketones (excluding diaryl/α,β-unsaturated/α-hetero) is 1. The molecule has 5 rings (SSSR count). The number of carbonyl (C=O) groups is 1. The van der Waals surface area contributed by atoms with Crippen molar-refractivity contribution in [2.24, 2.45) is 5.16 Å². The van der Waals surface area contributed by atoms with Gasteiger partial charge in [0.15, 0.2) is 17.7 Å². The second-order valence-electron chi connectivity index (χ2n) is 8.18. The van der Waals surface area contributed by atoms with Crippen LogP contribution in [0.1, 0.15) is 43.8 Å². The van der Waals surface area contributed by atoms with E-state index in [1.807, 2.05) is 55.5 Å². The standard InChI is InChI=1S/C27H25N5O2/c1-2-9-23(33)22-16-24(34-32-22)26-30-21-14-8-13-20(18-10-4-3-5-11-18)25(21)27(31-26)29-17-19-12-6-7-15-28-19/h3-8,10-15,24H,2,9,16-17H2,1H3,(H,29,30,31). The lowest BCUT2D eigenvalue weighted by Crippen LogP contribution is -2.14. The van der Waals surface area contributed by atoms with E-state index in [0.29, 0.717) is 36.7 Å². The Morgan fingerprint density at radius 2 is 1.88 bits per heavy atom. The third kappa shape index (κ3) is 4.50. The summed E-state index contributed by atoms with van der Waals surface area (Å²) in [4.78, 5) is 32.0. The van der Waals surface area contributed by atoms with Gasteiger partial charge in [-0.3, -0.25) is 9.78 Å². The average Bonchev–Trinajstić information content (AvgIpc) is 3.39. The molecule has 0 bridgehead atoms. The predicted octanol–water partition coefficient (Wildman–Crippen LogP) is 5.49. The minimum absolute atomic E-state index is 0.0191. The molecule has 1 atom stereocenters. The van der Waals surface area contributed by atoms with Gasteiger partial charge in [-0.05, 0) is 35.7 Å². The van der Waals surface area contributed by atoms with E-state index in [4.69, 9.17) is 14.8 Å². The van der Waals surface area contributed by atoms with E-state index in [1.54, 1.807) is 6.20 Å². The zero-order chi connectivity index (χ0) is 23.3. The van der Waals surface area contributed by atoms with Crippen LogP contribution in [0.25, 0.3) is 22.0 Å². The zero-order valence-corrected chi connectivity index (χ0v) is 18.9. The number of hydrogen-bond donors (Lipinski definition) is 1. The summed E-state index contributed by atoms with van der Waals surface area (Å²) >= 11 is 0. The Bertz CT molecular complexity index is 1340. The molecule has 7 nitrogen and oxygen atoms in total. The molecule has 3 heterocycles. The Morgan fingerprint density at radius 3 is 2.68 bits per heavy atom. The molecule has 0 radical (unpaired) electrons. The van der Waals surface area contributed by atoms with Gasteiger partial charge in [-0.15, -0.1) is 0 Å². The van der Waals surface area contributed by atoms with Crippen LogP contribution in [-0.2, 0) is 16.2 Å². The third-order valence-corrected chi connectivity index (χ3v) is 5.74. The van der Waals surface area contributed by atoms with Crippen LogP contribution < -0.4 is 5.32 Å². The van der Waals surface area contributed by atoms with Gasteiger partial charge in [0, 0.05) is 19.0 Å². The molecule has 2 aromatic carbocycles. The molecule has 0 fully saturated rings. The second-order valence-corrected chi connectivity index (χ2v) is 8.18. The van der Waals surface area contributed by atoms with Crippen molar-refractivity contribution >= 4 is 28.2 Å². The van der Waals surface area contributed by atoms with Crippen molar-refractivity contribution in [2.45, 2.75) is 38.8 Å². The Kier molecular flexibility index (Phi) is 6.25. The lowest BCUT2D eigenvalue weighted by Gasteiger charge is -2.16. The van der Waals surface area contributed by atoms with E-state index in [1.165, 1.54) is 0 Å². The van der Waals surface area contributed by atoms with Crippen LogP contribution in [0, 0.1) is 0 Å². The van der Waals surface area contributed by atoms with Gasteiger partial charge in [-0.25, -0.2) is 9.97 Å². The van der Waals surface area contributed by atoms with E-state index in [9.17, 15) is 4.79 Å². The Labute approximate surface area is 197 Å². The normalized spacial score (nSPS) is 15.1. The Morgan fingerprint density at radius 1 is 1.03 bits per heavy atom. The molecule has 2 aromatic heterocycles. The fraction of sp³-hybridized carbons (Fsp3) is 0.222. The molecule has 0 spiro atoms. The number of carbonyl (C=O) groups excluding carboxylic acids is 1. The summed E-state index contributed by atoms with van der Waals surface area (Å²) in [6.45, 7) is 2.49. The molecule has 1 unspecified atom stereocenters. The van der Waals surface area contributed by atoms with Crippen molar-refractivity contribution in [3.05, 3.63) is 84.4 Å². The van der Waals surface area contributed by atoms with Crippen molar-refractivity contribution < 1.29 is 9.63 Å². The monoisotopic (exact) mass is 451 g/mol. The molecular formula is C27H25N5O2. The molecule has 7 heteroatoms. The van der Waals surface area contributed by atoms with Crippen LogP contribution in [0.2, 0.25) is 0 Å². The van der Waals surface area contributed by atoms with Gasteiger partial charge in [0.05, 0.1) is 23.1 Å². The van der Waals surface area contributed by atoms with Crippen LogP contribution in [0.3, 0.4) is 0 Å². The Hall–Kier alpha value is -4.13. The number of fused-ring (bicyclic) bond motifs is 1. The molecule has 1 N–H and O–H groups in total. The van der Waals surface area contributed by atoms with Gasteiger partial charge in [0.1, 0.15) is 11.5 Å². The van der Waals surface area contributed by atoms with E-state index >= 15 is 0 Å². The second kappa shape index (κ2) is 9.79. The van der Waals surface area contributed by atoms with Crippen LogP contribution >= 0.6 is 0 Å². The number of rotatable bonds is 8. The van der Waals surface area contributed by atoms with Gasteiger partial charge >= 0.3 is 0 Å².